The maximum atomic E-state index is 12.9. The van der Waals surface area contributed by atoms with Gasteiger partial charge in [-0.25, -0.2) is 4.79 Å². The maximum Gasteiger partial charge on any atom is 0.317 e. The largest absolute Gasteiger partial charge is 0.335 e. The van der Waals surface area contributed by atoms with Crippen LogP contribution in [0.2, 0.25) is 0 Å². The number of urea groups is 1. The summed E-state index contributed by atoms with van der Waals surface area (Å²) in [7, 11) is 0. The van der Waals surface area contributed by atoms with Crippen LogP contribution in [-0.2, 0) is 4.79 Å². The number of carbonyl (C=O) groups excluding carboxylic acids is 2. The monoisotopic (exact) mass is 413 g/mol. The van der Waals surface area contributed by atoms with Crippen LogP contribution in [0.15, 0.2) is 36.4 Å². The number of benzene rings is 1. The van der Waals surface area contributed by atoms with Crippen LogP contribution in [0.25, 0.3) is 6.08 Å². The molecular weight excluding hydrogens is 382 g/mol. The molecule has 1 aromatic carbocycles. The van der Waals surface area contributed by atoms with Crippen molar-refractivity contribution in [1.29, 1.82) is 0 Å². The second-order valence-electron chi connectivity index (χ2n) is 8.30. The second-order valence-corrected chi connectivity index (χ2v) is 9.76. The van der Waals surface area contributed by atoms with Gasteiger partial charge in [0, 0.05) is 37.5 Å². The van der Waals surface area contributed by atoms with Crippen LogP contribution in [-0.4, -0.2) is 58.0 Å². The van der Waals surface area contributed by atoms with Gasteiger partial charge in [-0.15, -0.1) is 11.8 Å². The van der Waals surface area contributed by atoms with E-state index in [0.29, 0.717) is 6.04 Å². The lowest BCUT2D eigenvalue weighted by Gasteiger charge is -2.44. The van der Waals surface area contributed by atoms with Crippen molar-refractivity contribution >= 4 is 29.8 Å². The quantitative estimate of drug-likeness (QED) is 0.759. The average molecular weight is 414 g/mol. The molecule has 0 radical (unpaired) electrons. The van der Waals surface area contributed by atoms with E-state index in [0.717, 1.165) is 56.6 Å². The first-order valence-corrected chi connectivity index (χ1v) is 11.9. The molecule has 29 heavy (non-hydrogen) atoms. The van der Waals surface area contributed by atoms with Crippen LogP contribution < -0.4 is 5.32 Å². The summed E-state index contributed by atoms with van der Waals surface area (Å²) in [5.41, 5.74) is 1.04. The molecule has 0 unspecified atom stereocenters. The first kappa shape index (κ1) is 20.3. The molecule has 1 saturated carbocycles. The lowest BCUT2D eigenvalue weighted by Crippen LogP contribution is -2.55. The summed E-state index contributed by atoms with van der Waals surface area (Å²) >= 11 is 1.89. The minimum atomic E-state index is -0.153. The Morgan fingerprint density at radius 2 is 1.76 bits per heavy atom. The molecule has 2 aliphatic heterocycles. The Hall–Kier alpha value is -1.95. The highest BCUT2D eigenvalue weighted by Gasteiger charge is 2.46. The van der Waals surface area contributed by atoms with Crippen molar-refractivity contribution in [2.45, 2.75) is 55.9 Å². The fourth-order valence-corrected chi connectivity index (χ4v) is 6.19. The lowest BCUT2D eigenvalue weighted by molar-refractivity contribution is -0.129. The highest BCUT2D eigenvalue weighted by Crippen LogP contribution is 2.44. The van der Waals surface area contributed by atoms with E-state index in [1.54, 1.807) is 6.08 Å². The summed E-state index contributed by atoms with van der Waals surface area (Å²) in [5.74, 6) is 1.05. The number of hydrogen-bond acceptors (Lipinski definition) is 3. The predicted octanol–water partition coefficient (Wildman–Crippen LogP) is 4.11. The summed E-state index contributed by atoms with van der Waals surface area (Å²) in [4.78, 5) is 29.4. The van der Waals surface area contributed by atoms with E-state index in [4.69, 9.17) is 0 Å². The van der Waals surface area contributed by atoms with Crippen molar-refractivity contribution in [2.24, 2.45) is 0 Å². The topological polar surface area (TPSA) is 52.7 Å². The minimum absolute atomic E-state index is 0.0802. The molecule has 4 rings (SSSR count). The Kier molecular flexibility index (Phi) is 6.48. The Labute approximate surface area is 177 Å². The van der Waals surface area contributed by atoms with Gasteiger partial charge >= 0.3 is 6.03 Å². The molecule has 0 bridgehead atoms. The summed E-state index contributed by atoms with van der Waals surface area (Å²) in [6, 6.07) is 10.4. The first-order valence-electron chi connectivity index (χ1n) is 10.9. The number of nitrogens with zero attached hydrogens (tertiary/aromatic N) is 2. The van der Waals surface area contributed by atoms with E-state index in [-0.39, 0.29) is 16.8 Å². The van der Waals surface area contributed by atoms with Crippen molar-refractivity contribution in [3.05, 3.63) is 42.0 Å². The van der Waals surface area contributed by atoms with Gasteiger partial charge in [-0.05, 0) is 37.3 Å². The zero-order chi connectivity index (χ0) is 20.1. The third-order valence-electron chi connectivity index (χ3n) is 6.43. The van der Waals surface area contributed by atoms with Gasteiger partial charge in [0.15, 0.2) is 0 Å². The van der Waals surface area contributed by atoms with Crippen molar-refractivity contribution in [3.63, 3.8) is 0 Å². The molecule has 0 aromatic heterocycles. The Balaban J connectivity index is 1.33. The smallest absolute Gasteiger partial charge is 0.317 e. The lowest BCUT2D eigenvalue weighted by atomic mass is 9.95. The van der Waals surface area contributed by atoms with E-state index in [1.807, 2.05) is 58.0 Å². The van der Waals surface area contributed by atoms with Crippen molar-refractivity contribution < 1.29 is 9.59 Å². The predicted molar refractivity (Wildman–Crippen MR) is 119 cm³/mol. The number of likely N-dealkylation sites (tertiary alicyclic amines) is 1. The Morgan fingerprint density at radius 3 is 2.48 bits per heavy atom. The number of rotatable bonds is 3. The van der Waals surface area contributed by atoms with E-state index in [9.17, 15) is 9.59 Å². The Morgan fingerprint density at radius 1 is 1.03 bits per heavy atom. The fourth-order valence-electron chi connectivity index (χ4n) is 4.73. The highest BCUT2D eigenvalue weighted by molar-refractivity contribution is 8.00. The van der Waals surface area contributed by atoms with Gasteiger partial charge in [0.1, 0.15) is 0 Å². The standard InChI is InChI=1S/C23H31N3O2S/c27-21(12-11-19-7-3-1-4-8-19)26-17-18-29-23(26)13-15-25(16-14-23)22(28)24-20-9-5-2-6-10-20/h1,3-4,7-8,11-12,20H,2,5-6,9-10,13-18H2,(H,24,28). The molecule has 3 aliphatic rings. The number of amides is 3. The first-order chi connectivity index (χ1) is 14.2. The minimum Gasteiger partial charge on any atom is -0.335 e. The molecule has 1 spiro atoms. The van der Waals surface area contributed by atoms with Gasteiger partial charge in [-0.1, -0.05) is 49.6 Å². The van der Waals surface area contributed by atoms with E-state index in [1.165, 1.54) is 19.3 Å². The molecule has 3 fully saturated rings. The fraction of sp³-hybridized carbons (Fsp3) is 0.565. The molecule has 5 nitrogen and oxygen atoms in total. The number of carbonyl (C=O) groups is 2. The average Bonchev–Trinajstić information content (AvgIpc) is 3.17. The molecule has 3 amide bonds. The van der Waals surface area contributed by atoms with E-state index in [2.05, 4.69) is 5.32 Å². The molecule has 6 heteroatoms. The van der Waals surface area contributed by atoms with Crippen LogP contribution >= 0.6 is 11.8 Å². The molecule has 0 atom stereocenters. The normalized spacial score (nSPS) is 22.3. The van der Waals surface area contributed by atoms with Gasteiger partial charge in [-0.2, -0.15) is 0 Å². The molecule has 2 saturated heterocycles. The second kappa shape index (κ2) is 9.24. The number of thioether (sulfide) groups is 1. The number of piperidine rings is 1. The van der Waals surface area contributed by atoms with Crippen molar-refractivity contribution in [3.8, 4) is 0 Å². The molecule has 1 aliphatic carbocycles. The van der Waals surface area contributed by atoms with Crippen LogP contribution in [0.3, 0.4) is 0 Å². The van der Waals surface area contributed by atoms with Crippen LogP contribution in [0.5, 0.6) is 0 Å². The van der Waals surface area contributed by atoms with Gasteiger partial charge in [-0.3, -0.25) is 4.79 Å². The zero-order valence-corrected chi connectivity index (χ0v) is 17.8. The van der Waals surface area contributed by atoms with Crippen molar-refractivity contribution in [1.82, 2.24) is 15.1 Å². The SMILES string of the molecule is O=C(NC1CCCCC1)N1CCC2(CC1)SCCN2C(=O)C=Cc1ccccc1. The van der Waals surface area contributed by atoms with E-state index >= 15 is 0 Å². The molecule has 156 valence electrons. The third kappa shape index (κ3) is 4.80. The number of hydrogen-bond donors (Lipinski definition) is 1. The third-order valence-corrected chi connectivity index (χ3v) is 7.98. The van der Waals surface area contributed by atoms with Gasteiger partial charge in [0.25, 0.3) is 0 Å². The summed E-state index contributed by atoms with van der Waals surface area (Å²) < 4.78 is 0. The summed E-state index contributed by atoms with van der Waals surface area (Å²) in [6.07, 6.45) is 11.2. The summed E-state index contributed by atoms with van der Waals surface area (Å²) in [5, 5.41) is 3.23. The molecular formula is C23H31N3O2S. The highest BCUT2D eigenvalue weighted by atomic mass is 32.2. The molecule has 2 heterocycles. The summed E-state index contributed by atoms with van der Waals surface area (Å²) in [6.45, 7) is 2.23. The Bertz CT molecular complexity index is 738. The zero-order valence-electron chi connectivity index (χ0n) is 17.0. The van der Waals surface area contributed by atoms with E-state index < -0.39 is 0 Å². The van der Waals surface area contributed by atoms with Crippen molar-refractivity contribution in [2.75, 3.05) is 25.4 Å². The van der Waals surface area contributed by atoms with Crippen LogP contribution in [0.1, 0.15) is 50.5 Å². The van der Waals surface area contributed by atoms with Gasteiger partial charge in [0.05, 0.1) is 4.87 Å². The maximum absolute atomic E-state index is 12.9. The van der Waals surface area contributed by atoms with Gasteiger partial charge in [0.2, 0.25) is 5.91 Å². The number of nitrogens with one attached hydrogen (secondary N) is 1. The van der Waals surface area contributed by atoms with Crippen LogP contribution in [0, 0.1) is 0 Å². The van der Waals surface area contributed by atoms with Crippen LogP contribution in [0.4, 0.5) is 4.79 Å². The molecule has 1 aromatic rings. The molecule has 1 N–H and O–H groups in total. The van der Waals surface area contributed by atoms with Gasteiger partial charge < -0.3 is 15.1 Å².